The Hall–Kier alpha value is -4.92. The smallest absolute Gasteiger partial charge is 0.228 e. The van der Waals surface area contributed by atoms with E-state index in [0.717, 1.165) is 27.8 Å². The molecule has 0 radical (unpaired) electrons. The minimum atomic E-state index is 0.0357. The summed E-state index contributed by atoms with van der Waals surface area (Å²) in [6.45, 7) is 2.43. The molecule has 232 valence electrons. The van der Waals surface area contributed by atoms with Crippen LogP contribution in [0.15, 0.2) is 77.2 Å². The molecule has 4 N–H and O–H groups in total. The van der Waals surface area contributed by atoms with Gasteiger partial charge in [0, 0.05) is 43.9 Å². The molecule has 0 spiro atoms. The third-order valence-corrected chi connectivity index (χ3v) is 7.29. The second-order valence-electron chi connectivity index (χ2n) is 10.3. The van der Waals surface area contributed by atoms with Crippen molar-refractivity contribution in [1.82, 2.24) is 15.6 Å². The van der Waals surface area contributed by atoms with Crippen LogP contribution in [-0.4, -0.2) is 55.7 Å². The number of ether oxygens (including phenoxy) is 3. The fourth-order valence-corrected chi connectivity index (χ4v) is 5.11. The van der Waals surface area contributed by atoms with Crippen molar-refractivity contribution < 1.29 is 28.8 Å². The molecule has 1 heterocycles. The molecule has 0 aliphatic rings. The summed E-state index contributed by atoms with van der Waals surface area (Å²) < 4.78 is 23.4. The van der Waals surface area contributed by atoms with Crippen LogP contribution in [0.1, 0.15) is 22.3 Å². The highest BCUT2D eigenvalue weighted by molar-refractivity contribution is 5.83. The lowest BCUT2D eigenvalue weighted by Crippen LogP contribution is -2.18. The SMILES string of the molecule is COc1cc(OCc2cccc(-c3cccc(-c4nc5cc(CNCCO)ccc5o4)c3C#N)c2)cc(OC)c1CNCCO. The number of aliphatic hydroxyl groups excluding tert-OH is 2. The molecule has 0 aliphatic heterocycles. The van der Waals surface area contributed by atoms with Crippen molar-refractivity contribution in [3.63, 3.8) is 0 Å². The lowest BCUT2D eigenvalue weighted by atomic mass is 9.95. The number of methoxy groups -OCH3 is 2. The van der Waals surface area contributed by atoms with Gasteiger partial charge >= 0.3 is 0 Å². The van der Waals surface area contributed by atoms with E-state index in [-0.39, 0.29) is 19.8 Å². The van der Waals surface area contributed by atoms with Crippen molar-refractivity contribution >= 4 is 11.1 Å². The second kappa shape index (κ2) is 15.2. The average molecular weight is 609 g/mol. The predicted octanol–water partition coefficient (Wildman–Crippen LogP) is 4.79. The number of hydrogen-bond donors (Lipinski definition) is 4. The van der Waals surface area contributed by atoms with E-state index < -0.39 is 0 Å². The molecule has 0 atom stereocenters. The molecule has 0 saturated carbocycles. The highest BCUT2D eigenvalue weighted by Gasteiger charge is 2.18. The van der Waals surface area contributed by atoms with Crippen LogP contribution in [0, 0.1) is 11.3 Å². The van der Waals surface area contributed by atoms with Crippen molar-refractivity contribution in [1.29, 1.82) is 5.26 Å². The molecular formula is C35H36N4O6. The Morgan fingerprint density at radius 1 is 0.822 bits per heavy atom. The van der Waals surface area contributed by atoms with Gasteiger partial charge in [-0.25, -0.2) is 4.98 Å². The molecule has 5 rings (SSSR count). The van der Waals surface area contributed by atoms with Gasteiger partial charge in [0.2, 0.25) is 5.89 Å². The van der Waals surface area contributed by atoms with Crippen LogP contribution in [-0.2, 0) is 19.7 Å². The van der Waals surface area contributed by atoms with Crippen molar-refractivity contribution in [3.05, 3.63) is 95.1 Å². The number of nitriles is 1. The van der Waals surface area contributed by atoms with E-state index in [1.54, 1.807) is 14.2 Å². The highest BCUT2D eigenvalue weighted by Crippen LogP contribution is 2.36. The molecule has 0 amide bonds. The largest absolute Gasteiger partial charge is 0.496 e. The van der Waals surface area contributed by atoms with Crippen LogP contribution in [0.2, 0.25) is 0 Å². The Kier molecular flexibility index (Phi) is 10.6. The normalized spacial score (nSPS) is 11.0. The molecule has 0 fully saturated rings. The molecule has 45 heavy (non-hydrogen) atoms. The summed E-state index contributed by atoms with van der Waals surface area (Å²) in [4.78, 5) is 4.70. The van der Waals surface area contributed by atoms with Crippen molar-refractivity contribution in [2.75, 3.05) is 40.5 Å². The maximum Gasteiger partial charge on any atom is 0.228 e. The summed E-state index contributed by atoms with van der Waals surface area (Å²) >= 11 is 0. The van der Waals surface area contributed by atoms with Crippen LogP contribution in [0.25, 0.3) is 33.7 Å². The second-order valence-corrected chi connectivity index (χ2v) is 10.3. The third-order valence-electron chi connectivity index (χ3n) is 7.29. The van der Waals surface area contributed by atoms with Crippen LogP contribution in [0.3, 0.4) is 0 Å². The standard InChI is InChI=1S/C35H36N4O6/c1-42-33-17-26(18-34(43-2)30(33)21-38-12-14-41)44-22-24-5-3-6-25(15-24)27-7-4-8-28(29(27)19-36)35-39-31-16-23(20-37-11-13-40)9-10-32(31)45-35/h3-10,15-18,37-38,40-41H,11-14,20-22H2,1-2H3. The Labute approximate surface area is 261 Å². The predicted molar refractivity (Wildman–Crippen MR) is 171 cm³/mol. The molecule has 1 aromatic heterocycles. The van der Waals surface area contributed by atoms with Gasteiger partial charge in [-0.15, -0.1) is 0 Å². The summed E-state index contributed by atoms with van der Waals surface area (Å²) in [6.07, 6.45) is 0. The fourth-order valence-electron chi connectivity index (χ4n) is 5.11. The number of oxazole rings is 1. The van der Waals surface area contributed by atoms with E-state index in [2.05, 4.69) is 16.7 Å². The molecule has 5 aromatic rings. The summed E-state index contributed by atoms with van der Waals surface area (Å²) in [5, 5.41) is 34.7. The zero-order valence-corrected chi connectivity index (χ0v) is 25.3. The van der Waals surface area contributed by atoms with Gasteiger partial charge in [-0.2, -0.15) is 5.26 Å². The topological polar surface area (TPSA) is 142 Å². The maximum absolute atomic E-state index is 10.3. The number of fused-ring (bicyclic) bond motifs is 1. The van der Waals surface area contributed by atoms with Gasteiger partial charge in [0.05, 0.1) is 44.1 Å². The van der Waals surface area contributed by atoms with Crippen LogP contribution in [0.5, 0.6) is 17.2 Å². The molecule has 0 aliphatic carbocycles. The van der Waals surface area contributed by atoms with Gasteiger partial charge in [0.1, 0.15) is 35.4 Å². The number of rotatable bonds is 15. The minimum absolute atomic E-state index is 0.0357. The fraction of sp³-hybridized carbons (Fsp3) is 0.257. The first-order chi connectivity index (χ1) is 22.1. The first-order valence-electron chi connectivity index (χ1n) is 14.6. The number of benzene rings is 4. The van der Waals surface area contributed by atoms with Gasteiger partial charge in [-0.05, 0) is 41.0 Å². The first-order valence-corrected chi connectivity index (χ1v) is 14.6. The Morgan fingerprint density at radius 2 is 1.53 bits per heavy atom. The highest BCUT2D eigenvalue weighted by atomic mass is 16.5. The maximum atomic E-state index is 10.3. The zero-order chi connectivity index (χ0) is 31.6. The lowest BCUT2D eigenvalue weighted by molar-refractivity contribution is 0.289. The third kappa shape index (κ3) is 7.42. The first kappa shape index (κ1) is 31.5. The van der Waals surface area contributed by atoms with Crippen LogP contribution in [0.4, 0.5) is 0 Å². The van der Waals surface area contributed by atoms with E-state index in [4.69, 9.17) is 33.8 Å². The summed E-state index contributed by atoms with van der Waals surface area (Å²) in [5.41, 5.74) is 6.80. The van der Waals surface area contributed by atoms with Gasteiger partial charge in [0.25, 0.3) is 0 Å². The Morgan fingerprint density at radius 3 is 2.24 bits per heavy atom. The van der Waals surface area contributed by atoms with Crippen molar-refractivity contribution in [3.8, 4) is 45.9 Å². The van der Waals surface area contributed by atoms with E-state index in [0.29, 0.717) is 71.5 Å². The van der Waals surface area contributed by atoms with Crippen molar-refractivity contribution in [2.45, 2.75) is 19.7 Å². The number of nitrogens with zero attached hydrogens (tertiary/aromatic N) is 2. The number of aromatic nitrogens is 1. The van der Waals surface area contributed by atoms with Gasteiger partial charge < -0.3 is 39.5 Å². The van der Waals surface area contributed by atoms with Gasteiger partial charge in [-0.3, -0.25) is 0 Å². The van der Waals surface area contributed by atoms with E-state index in [1.807, 2.05) is 72.8 Å². The molecule has 4 aromatic carbocycles. The average Bonchev–Trinajstić information content (AvgIpc) is 3.51. The lowest BCUT2D eigenvalue weighted by Gasteiger charge is -2.16. The molecule has 0 unspecified atom stereocenters. The summed E-state index contributed by atoms with van der Waals surface area (Å²) in [7, 11) is 3.18. The zero-order valence-electron chi connectivity index (χ0n) is 25.3. The number of hydrogen-bond acceptors (Lipinski definition) is 10. The monoisotopic (exact) mass is 608 g/mol. The molecule has 0 bridgehead atoms. The number of nitrogens with one attached hydrogen (secondary N) is 2. The molecular weight excluding hydrogens is 572 g/mol. The van der Waals surface area contributed by atoms with Gasteiger partial charge in [0.15, 0.2) is 5.58 Å². The molecule has 10 heteroatoms. The Bertz CT molecular complexity index is 1770. The summed E-state index contributed by atoms with van der Waals surface area (Å²) in [6, 6.07) is 25.3. The molecule has 10 nitrogen and oxygen atoms in total. The number of aliphatic hydroxyl groups is 2. The summed E-state index contributed by atoms with van der Waals surface area (Å²) in [5.74, 6) is 2.20. The minimum Gasteiger partial charge on any atom is -0.496 e. The quantitative estimate of drug-likeness (QED) is 0.123. The van der Waals surface area contributed by atoms with Crippen LogP contribution < -0.4 is 24.8 Å². The van der Waals surface area contributed by atoms with Crippen LogP contribution >= 0.6 is 0 Å². The van der Waals surface area contributed by atoms with Gasteiger partial charge in [-0.1, -0.05) is 36.4 Å². The van der Waals surface area contributed by atoms with E-state index >= 15 is 0 Å². The van der Waals surface area contributed by atoms with Crippen molar-refractivity contribution in [2.24, 2.45) is 0 Å². The Balaban J connectivity index is 1.38. The van der Waals surface area contributed by atoms with E-state index in [9.17, 15) is 5.26 Å². The molecule has 0 saturated heterocycles. The van der Waals surface area contributed by atoms with E-state index in [1.165, 1.54) is 0 Å².